The van der Waals surface area contributed by atoms with Crippen LogP contribution in [0.5, 0.6) is 0 Å². The highest BCUT2D eigenvalue weighted by atomic mass is 16.6. The largest absolute Gasteiger partial charge is 0.458 e. The second-order valence-corrected chi connectivity index (χ2v) is 16.2. The lowest BCUT2D eigenvalue weighted by molar-refractivity contribution is -0.159. The van der Waals surface area contributed by atoms with E-state index in [4.69, 9.17) is 9.47 Å². The number of carbonyl (C=O) groups excluding carboxylic acids is 4. The van der Waals surface area contributed by atoms with Gasteiger partial charge in [-0.3, -0.25) is 9.59 Å². The van der Waals surface area contributed by atoms with Crippen LogP contribution < -0.4 is 10.6 Å². The monoisotopic (exact) mass is 741 g/mol. The van der Waals surface area contributed by atoms with Crippen LogP contribution in [0.25, 0.3) is 0 Å². The van der Waals surface area contributed by atoms with E-state index < -0.39 is 53.2 Å². The first-order valence-corrected chi connectivity index (χ1v) is 19.5. The van der Waals surface area contributed by atoms with Gasteiger partial charge in [0.25, 0.3) is 0 Å². The van der Waals surface area contributed by atoms with E-state index >= 15 is 4.79 Å². The average Bonchev–Trinajstić information content (AvgIpc) is 3.08. The molecule has 0 saturated heterocycles. The molecule has 0 spiro atoms. The van der Waals surface area contributed by atoms with Gasteiger partial charge in [0.15, 0.2) is 0 Å². The lowest BCUT2D eigenvalue weighted by Gasteiger charge is -2.36. The molecule has 3 aromatic rings. The summed E-state index contributed by atoms with van der Waals surface area (Å²) in [5.74, 6) is -1.50. The molecule has 0 fully saturated rings. The summed E-state index contributed by atoms with van der Waals surface area (Å²) >= 11 is 0. The van der Waals surface area contributed by atoms with Gasteiger partial charge < -0.3 is 25.0 Å². The Balaban J connectivity index is 2.15. The molecule has 9 nitrogen and oxygen atoms in total. The summed E-state index contributed by atoms with van der Waals surface area (Å²) in [5, 5.41) is 5.87. The van der Waals surface area contributed by atoms with Crippen molar-refractivity contribution in [2.24, 2.45) is 0 Å². The van der Waals surface area contributed by atoms with E-state index in [9.17, 15) is 14.4 Å². The van der Waals surface area contributed by atoms with E-state index in [1.807, 2.05) is 92.7 Å². The molecule has 0 aromatic heterocycles. The zero-order valence-electron chi connectivity index (χ0n) is 34.0. The third kappa shape index (κ3) is 15.0. The first-order chi connectivity index (χ1) is 25.5. The summed E-state index contributed by atoms with van der Waals surface area (Å²) in [7, 11) is 0. The van der Waals surface area contributed by atoms with Gasteiger partial charge in [-0.2, -0.15) is 0 Å². The Morgan fingerprint density at radius 2 is 1.20 bits per heavy atom. The van der Waals surface area contributed by atoms with Gasteiger partial charge in [-0.1, -0.05) is 123 Å². The van der Waals surface area contributed by atoms with Crippen LogP contribution in [-0.4, -0.2) is 58.6 Å². The number of alkyl carbamates (subject to hydrolysis) is 1. The third-order valence-corrected chi connectivity index (χ3v) is 8.88. The number of carbonyl (C=O) groups is 4. The number of rotatable bonds is 18. The SMILES string of the molecule is CCCCCCCCN(C(=O)C(Cc1ccccc1)NC(=O)OC(C)(C)C)C(C(=O)NC(Cc1ccccc1)C(=O)OC(C)(C)C)c1ccc(C)cc1C. The molecule has 0 radical (unpaired) electrons. The summed E-state index contributed by atoms with van der Waals surface area (Å²) in [6.07, 6.45) is 5.48. The fraction of sp³-hybridized carbons (Fsp3) is 0.511. The first kappa shape index (κ1) is 43.7. The summed E-state index contributed by atoms with van der Waals surface area (Å²) < 4.78 is 11.4. The Labute approximate surface area is 323 Å². The van der Waals surface area contributed by atoms with Crippen molar-refractivity contribution in [2.45, 2.75) is 143 Å². The minimum Gasteiger partial charge on any atom is -0.458 e. The number of hydrogen-bond acceptors (Lipinski definition) is 6. The van der Waals surface area contributed by atoms with Crippen LogP contribution in [0.3, 0.4) is 0 Å². The maximum absolute atomic E-state index is 15.1. The highest BCUT2D eigenvalue weighted by Crippen LogP contribution is 2.28. The summed E-state index contributed by atoms with van der Waals surface area (Å²) in [5.41, 5.74) is 2.57. The van der Waals surface area contributed by atoms with Gasteiger partial charge in [-0.05, 0) is 84.1 Å². The minimum atomic E-state index is -1.12. The maximum atomic E-state index is 15.1. The number of benzene rings is 3. The van der Waals surface area contributed by atoms with Crippen molar-refractivity contribution in [2.75, 3.05) is 6.54 Å². The predicted molar refractivity (Wildman–Crippen MR) is 215 cm³/mol. The van der Waals surface area contributed by atoms with Crippen LogP contribution in [0.1, 0.15) is 121 Å². The average molecular weight is 742 g/mol. The Bertz CT molecular complexity index is 1650. The number of ether oxygens (including phenoxy) is 2. The Kier molecular flexibility index (Phi) is 16.8. The van der Waals surface area contributed by atoms with Gasteiger partial charge in [-0.15, -0.1) is 0 Å². The van der Waals surface area contributed by atoms with Crippen LogP contribution in [0.2, 0.25) is 0 Å². The van der Waals surface area contributed by atoms with E-state index in [1.54, 1.807) is 46.4 Å². The number of nitrogens with one attached hydrogen (secondary N) is 2. The van der Waals surface area contributed by atoms with Crippen molar-refractivity contribution in [1.29, 1.82) is 0 Å². The molecule has 3 rings (SSSR count). The topological polar surface area (TPSA) is 114 Å². The third-order valence-electron chi connectivity index (χ3n) is 8.88. The predicted octanol–water partition coefficient (Wildman–Crippen LogP) is 8.74. The molecule has 0 aliphatic rings. The molecule has 3 atom stereocenters. The van der Waals surface area contributed by atoms with Crippen molar-refractivity contribution < 1.29 is 28.7 Å². The fourth-order valence-electron chi connectivity index (χ4n) is 6.38. The standard InChI is InChI=1S/C45H63N3O6/c1-10-11-12-13-14-21-28-48(41(50)37(30-34-22-17-15-18-23-34)47-43(52)54-45(7,8)9)39(36-27-26-32(2)29-33(36)3)40(49)46-38(42(51)53-44(4,5)6)31-35-24-19-16-20-25-35/h15-20,22-27,29,37-39H,10-14,21,28,30-31H2,1-9H3,(H,46,49)(H,47,52). The van der Waals surface area contributed by atoms with Crippen molar-refractivity contribution in [3.8, 4) is 0 Å². The van der Waals surface area contributed by atoms with Gasteiger partial charge in [0.2, 0.25) is 11.8 Å². The van der Waals surface area contributed by atoms with Crippen molar-refractivity contribution in [3.05, 3.63) is 107 Å². The quantitative estimate of drug-likeness (QED) is 0.0996. The number of unbranched alkanes of at least 4 members (excludes halogenated alkanes) is 5. The molecule has 3 amide bonds. The van der Waals surface area contributed by atoms with Crippen molar-refractivity contribution in [3.63, 3.8) is 0 Å². The Hall–Kier alpha value is -4.66. The number of amides is 3. The Morgan fingerprint density at radius 1 is 0.667 bits per heavy atom. The summed E-state index contributed by atoms with van der Waals surface area (Å²) in [4.78, 5) is 58.6. The molecule has 0 saturated carbocycles. The molecular weight excluding hydrogens is 679 g/mol. The van der Waals surface area contributed by atoms with Gasteiger partial charge in [0.1, 0.15) is 29.3 Å². The molecule has 0 aliphatic carbocycles. The molecule has 2 N–H and O–H groups in total. The van der Waals surface area contributed by atoms with E-state index in [2.05, 4.69) is 17.6 Å². The van der Waals surface area contributed by atoms with E-state index in [1.165, 1.54) is 0 Å². The zero-order chi connectivity index (χ0) is 39.9. The molecule has 9 heteroatoms. The van der Waals surface area contributed by atoms with E-state index in [-0.39, 0.29) is 19.4 Å². The fourth-order valence-corrected chi connectivity index (χ4v) is 6.38. The van der Waals surface area contributed by atoms with Crippen LogP contribution >= 0.6 is 0 Å². The number of hydrogen-bond donors (Lipinski definition) is 2. The lowest BCUT2D eigenvalue weighted by Crippen LogP contribution is -2.55. The molecule has 294 valence electrons. The minimum absolute atomic E-state index is 0.182. The van der Waals surface area contributed by atoms with Crippen molar-refractivity contribution in [1.82, 2.24) is 15.5 Å². The van der Waals surface area contributed by atoms with Gasteiger partial charge in [0.05, 0.1) is 0 Å². The number of esters is 1. The summed E-state index contributed by atoms with van der Waals surface area (Å²) in [6, 6.07) is 21.5. The molecule has 0 heterocycles. The molecule has 54 heavy (non-hydrogen) atoms. The van der Waals surface area contributed by atoms with Crippen LogP contribution in [0, 0.1) is 13.8 Å². The van der Waals surface area contributed by atoms with Crippen LogP contribution in [0.15, 0.2) is 78.9 Å². The Morgan fingerprint density at radius 3 is 1.74 bits per heavy atom. The van der Waals surface area contributed by atoms with Crippen molar-refractivity contribution >= 4 is 23.9 Å². The smallest absolute Gasteiger partial charge is 0.408 e. The van der Waals surface area contributed by atoms with Gasteiger partial charge in [-0.25, -0.2) is 9.59 Å². The van der Waals surface area contributed by atoms with Gasteiger partial charge in [0, 0.05) is 19.4 Å². The van der Waals surface area contributed by atoms with E-state index in [0.29, 0.717) is 12.0 Å². The van der Waals surface area contributed by atoms with Gasteiger partial charge >= 0.3 is 12.1 Å². The highest BCUT2D eigenvalue weighted by Gasteiger charge is 2.39. The highest BCUT2D eigenvalue weighted by molar-refractivity contribution is 5.94. The molecule has 3 aromatic carbocycles. The molecule has 0 aliphatic heterocycles. The molecule has 0 bridgehead atoms. The number of aryl methyl sites for hydroxylation is 2. The molecular formula is C45H63N3O6. The van der Waals surface area contributed by atoms with E-state index in [0.717, 1.165) is 54.4 Å². The maximum Gasteiger partial charge on any atom is 0.408 e. The zero-order valence-corrected chi connectivity index (χ0v) is 34.0. The number of nitrogens with zero attached hydrogens (tertiary/aromatic N) is 1. The second-order valence-electron chi connectivity index (χ2n) is 16.2. The normalized spacial score (nSPS) is 13.3. The van der Waals surface area contributed by atoms with Crippen LogP contribution in [0.4, 0.5) is 4.79 Å². The lowest BCUT2D eigenvalue weighted by atomic mass is 9.94. The van der Waals surface area contributed by atoms with Crippen LogP contribution in [-0.2, 0) is 36.7 Å². The second kappa shape index (κ2) is 20.7. The molecule has 3 unspecified atom stereocenters. The first-order valence-electron chi connectivity index (χ1n) is 19.5. The summed E-state index contributed by atoms with van der Waals surface area (Å²) in [6.45, 7) is 17.0.